The lowest BCUT2D eigenvalue weighted by Crippen LogP contribution is -2.20. The second kappa shape index (κ2) is 5.44. The molecule has 0 aromatic heterocycles. The van der Waals surface area contributed by atoms with E-state index in [-0.39, 0.29) is 6.10 Å². The Morgan fingerprint density at radius 1 is 1.28 bits per heavy atom. The summed E-state index contributed by atoms with van der Waals surface area (Å²) >= 11 is 0. The van der Waals surface area contributed by atoms with Crippen LogP contribution in [0.25, 0.3) is 0 Å². The summed E-state index contributed by atoms with van der Waals surface area (Å²) < 4.78 is 0. The Balaban J connectivity index is 2.05. The third kappa shape index (κ3) is 3.58. The van der Waals surface area contributed by atoms with Gasteiger partial charge in [0.2, 0.25) is 0 Å². The van der Waals surface area contributed by atoms with Crippen LogP contribution in [0.5, 0.6) is 0 Å². The maximum absolute atomic E-state index is 9.48. The lowest BCUT2D eigenvalue weighted by molar-refractivity contribution is 0.195. The van der Waals surface area contributed by atoms with Crippen molar-refractivity contribution in [3.63, 3.8) is 0 Å². The van der Waals surface area contributed by atoms with Gasteiger partial charge in [-0.3, -0.25) is 0 Å². The van der Waals surface area contributed by atoms with Gasteiger partial charge in [-0.05, 0) is 61.5 Å². The molecule has 0 heterocycles. The van der Waals surface area contributed by atoms with E-state index in [4.69, 9.17) is 0 Å². The van der Waals surface area contributed by atoms with Crippen molar-refractivity contribution < 1.29 is 5.11 Å². The van der Waals surface area contributed by atoms with Gasteiger partial charge in [-0.15, -0.1) is 0 Å². The van der Waals surface area contributed by atoms with Crippen LogP contribution in [0.2, 0.25) is 0 Å². The summed E-state index contributed by atoms with van der Waals surface area (Å²) in [4.78, 5) is 0. The van der Waals surface area contributed by atoms with E-state index in [1.165, 1.54) is 36.8 Å². The number of aliphatic hydroxyl groups excluding tert-OH is 1. The van der Waals surface area contributed by atoms with Crippen molar-refractivity contribution in [1.29, 1.82) is 0 Å². The van der Waals surface area contributed by atoms with E-state index in [0.717, 1.165) is 12.3 Å². The monoisotopic (exact) mass is 246 g/mol. The zero-order valence-corrected chi connectivity index (χ0v) is 11.9. The standard InChI is InChI=1S/C17H26O/c1-13(18)11-14-5-4-6-16(12-14)15-7-9-17(2,3)10-8-15/h4-6,12-13,15,18H,7-11H2,1-3H3. The highest BCUT2D eigenvalue weighted by atomic mass is 16.3. The summed E-state index contributed by atoms with van der Waals surface area (Å²) in [5, 5.41) is 9.48. The highest BCUT2D eigenvalue weighted by Crippen LogP contribution is 2.42. The smallest absolute Gasteiger partial charge is 0.0552 e. The molecule has 0 radical (unpaired) electrons. The minimum absolute atomic E-state index is 0.245. The molecule has 1 atom stereocenters. The van der Waals surface area contributed by atoms with Gasteiger partial charge in [0.15, 0.2) is 0 Å². The molecule has 1 N–H and O–H groups in total. The van der Waals surface area contributed by atoms with Crippen molar-refractivity contribution in [3.8, 4) is 0 Å². The predicted octanol–water partition coefficient (Wildman–Crippen LogP) is 4.29. The van der Waals surface area contributed by atoms with E-state index < -0.39 is 0 Å². The van der Waals surface area contributed by atoms with Gasteiger partial charge in [0.05, 0.1) is 6.10 Å². The number of hydrogen-bond acceptors (Lipinski definition) is 1. The Bertz CT molecular complexity index is 382. The fraction of sp³-hybridized carbons (Fsp3) is 0.647. The largest absolute Gasteiger partial charge is 0.393 e. The van der Waals surface area contributed by atoms with Crippen LogP contribution < -0.4 is 0 Å². The summed E-state index contributed by atoms with van der Waals surface area (Å²) in [6.45, 7) is 6.62. The van der Waals surface area contributed by atoms with Crippen LogP contribution >= 0.6 is 0 Å². The van der Waals surface area contributed by atoms with Crippen LogP contribution in [-0.4, -0.2) is 11.2 Å². The lowest BCUT2D eigenvalue weighted by Gasteiger charge is -2.34. The molecule has 1 fully saturated rings. The highest BCUT2D eigenvalue weighted by molar-refractivity contribution is 5.27. The Hall–Kier alpha value is -0.820. The van der Waals surface area contributed by atoms with Crippen LogP contribution in [0.3, 0.4) is 0 Å². The van der Waals surface area contributed by atoms with Crippen molar-refractivity contribution >= 4 is 0 Å². The number of rotatable bonds is 3. The van der Waals surface area contributed by atoms with Crippen LogP contribution in [0.15, 0.2) is 24.3 Å². The van der Waals surface area contributed by atoms with Crippen molar-refractivity contribution in [2.75, 3.05) is 0 Å². The first-order valence-electron chi connectivity index (χ1n) is 7.23. The van der Waals surface area contributed by atoms with Gasteiger partial charge in [-0.25, -0.2) is 0 Å². The third-order valence-electron chi connectivity index (χ3n) is 4.29. The molecular weight excluding hydrogens is 220 g/mol. The van der Waals surface area contributed by atoms with Gasteiger partial charge in [-0.2, -0.15) is 0 Å². The summed E-state index contributed by atoms with van der Waals surface area (Å²) in [5.74, 6) is 0.729. The molecule has 0 amide bonds. The molecule has 1 heteroatoms. The van der Waals surface area contributed by atoms with Crippen molar-refractivity contribution in [2.24, 2.45) is 5.41 Å². The van der Waals surface area contributed by atoms with Crippen LogP contribution in [0.1, 0.15) is 63.5 Å². The molecule has 1 aliphatic rings. The Morgan fingerprint density at radius 2 is 1.94 bits per heavy atom. The lowest BCUT2D eigenvalue weighted by atomic mass is 9.71. The quantitative estimate of drug-likeness (QED) is 0.843. The van der Waals surface area contributed by atoms with Crippen LogP contribution in [0.4, 0.5) is 0 Å². The number of benzene rings is 1. The zero-order valence-electron chi connectivity index (χ0n) is 11.9. The molecule has 0 saturated heterocycles. The first kappa shape index (κ1) is 13.6. The third-order valence-corrected chi connectivity index (χ3v) is 4.29. The Labute approximate surface area is 111 Å². The highest BCUT2D eigenvalue weighted by Gasteiger charge is 2.27. The van der Waals surface area contributed by atoms with E-state index in [2.05, 4.69) is 38.1 Å². The maximum Gasteiger partial charge on any atom is 0.0552 e. The van der Waals surface area contributed by atoms with E-state index in [1.54, 1.807) is 0 Å². The van der Waals surface area contributed by atoms with Gasteiger partial charge in [0, 0.05) is 0 Å². The van der Waals surface area contributed by atoms with Crippen molar-refractivity contribution in [1.82, 2.24) is 0 Å². The molecule has 0 spiro atoms. The molecule has 1 aromatic rings. The fourth-order valence-corrected chi connectivity index (χ4v) is 3.05. The predicted molar refractivity (Wildman–Crippen MR) is 76.8 cm³/mol. The second-order valence-electron chi connectivity index (χ2n) is 6.74. The average molecular weight is 246 g/mol. The first-order chi connectivity index (χ1) is 8.46. The van der Waals surface area contributed by atoms with Gasteiger partial charge in [0.25, 0.3) is 0 Å². The van der Waals surface area contributed by atoms with E-state index in [1.807, 2.05) is 6.92 Å². The van der Waals surface area contributed by atoms with Crippen molar-refractivity contribution in [3.05, 3.63) is 35.4 Å². The molecule has 2 rings (SSSR count). The normalized spacial score (nSPS) is 21.8. The molecule has 1 aliphatic carbocycles. The Morgan fingerprint density at radius 3 is 2.56 bits per heavy atom. The minimum atomic E-state index is -0.245. The van der Waals surface area contributed by atoms with E-state index in [0.29, 0.717) is 5.41 Å². The molecule has 100 valence electrons. The van der Waals surface area contributed by atoms with Gasteiger partial charge >= 0.3 is 0 Å². The maximum atomic E-state index is 9.48. The molecular formula is C17H26O. The summed E-state index contributed by atoms with van der Waals surface area (Å²) in [5.41, 5.74) is 3.28. The second-order valence-corrected chi connectivity index (χ2v) is 6.74. The average Bonchev–Trinajstić information content (AvgIpc) is 2.28. The molecule has 1 unspecified atom stereocenters. The minimum Gasteiger partial charge on any atom is -0.393 e. The summed E-state index contributed by atoms with van der Waals surface area (Å²) in [7, 11) is 0. The summed E-state index contributed by atoms with van der Waals surface area (Å²) in [6, 6.07) is 8.83. The van der Waals surface area contributed by atoms with Gasteiger partial charge in [0.1, 0.15) is 0 Å². The SMILES string of the molecule is CC(O)Cc1cccc(C2CCC(C)(C)CC2)c1. The van der Waals surface area contributed by atoms with Gasteiger partial charge < -0.3 is 5.11 Å². The number of hydrogen-bond donors (Lipinski definition) is 1. The van der Waals surface area contributed by atoms with E-state index in [9.17, 15) is 5.11 Å². The molecule has 1 aromatic carbocycles. The zero-order chi connectivity index (χ0) is 13.2. The summed E-state index contributed by atoms with van der Waals surface area (Å²) in [6.07, 6.45) is 5.81. The first-order valence-corrected chi connectivity index (χ1v) is 7.23. The molecule has 18 heavy (non-hydrogen) atoms. The fourth-order valence-electron chi connectivity index (χ4n) is 3.05. The van der Waals surface area contributed by atoms with Crippen molar-refractivity contribution in [2.45, 2.75) is 64.9 Å². The number of aliphatic hydroxyl groups is 1. The van der Waals surface area contributed by atoms with Crippen LogP contribution in [0, 0.1) is 5.41 Å². The van der Waals surface area contributed by atoms with Gasteiger partial charge in [-0.1, -0.05) is 38.1 Å². The molecule has 1 saturated carbocycles. The van der Waals surface area contributed by atoms with Crippen LogP contribution in [-0.2, 0) is 6.42 Å². The Kier molecular flexibility index (Phi) is 4.11. The molecule has 0 bridgehead atoms. The topological polar surface area (TPSA) is 20.2 Å². The van der Waals surface area contributed by atoms with E-state index >= 15 is 0 Å². The molecule has 1 nitrogen and oxygen atoms in total. The molecule has 0 aliphatic heterocycles.